The van der Waals surface area contributed by atoms with E-state index < -0.39 is 0 Å². The Morgan fingerprint density at radius 2 is 2.12 bits per heavy atom. The van der Waals surface area contributed by atoms with Crippen LogP contribution in [0, 0.1) is 0 Å². The summed E-state index contributed by atoms with van der Waals surface area (Å²) in [5.74, 6) is 0.192. The first-order valence-electron chi connectivity index (χ1n) is 6.02. The van der Waals surface area contributed by atoms with Crippen LogP contribution in [0.25, 0.3) is 0 Å². The lowest BCUT2D eigenvalue weighted by atomic mass is 9.99. The quantitative estimate of drug-likeness (QED) is 0.645. The summed E-state index contributed by atoms with van der Waals surface area (Å²) in [4.78, 5) is 4.81. The number of aryl methyl sites for hydroxylation is 1. The molecule has 1 aromatic carbocycles. The van der Waals surface area contributed by atoms with Gasteiger partial charge in [0.25, 0.3) is 0 Å². The molecule has 4 heteroatoms. The molecule has 2 N–H and O–H groups in total. The van der Waals surface area contributed by atoms with Crippen LogP contribution in [-0.4, -0.2) is 12.2 Å². The Balaban J connectivity index is 2.36. The van der Waals surface area contributed by atoms with Crippen LogP contribution in [0.15, 0.2) is 6.07 Å². The monoisotopic (exact) mass is 255 g/mol. The Morgan fingerprint density at radius 3 is 2.88 bits per heavy atom. The van der Waals surface area contributed by atoms with E-state index in [0.29, 0.717) is 11.6 Å². The molecule has 0 unspecified atom stereocenters. The molecule has 3 nitrogen and oxygen atoms in total. The molecule has 0 saturated carbocycles. The maximum Gasteiger partial charge on any atom is 0.139 e. The van der Waals surface area contributed by atoms with E-state index in [2.05, 4.69) is 5.48 Å². The number of rotatable bonds is 3. The fraction of sp³-hybridized carbons (Fsp3) is 0.538. The first kappa shape index (κ1) is 12.7. The second kappa shape index (κ2) is 5.71. The van der Waals surface area contributed by atoms with Crippen LogP contribution in [0.5, 0.6) is 5.75 Å². The first-order chi connectivity index (χ1) is 8.24. The number of halogens is 1. The van der Waals surface area contributed by atoms with Crippen molar-refractivity contribution in [2.45, 2.75) is 38.6 Å². The highest BCUT2D eigenvalue weighted by atomic mass is 35.5. The summed E-state index contributed by atoms with van der Waals surface area (Å²) in [6, 6.07) is 2.05. The van der Waals surface area contributed by atoms with E-state index in [1.807, 2.05) is 6.07 Å². The van der Waals surface area contributed by atoms with E-state index in [9.17, 15) is 5.11 Å². The molecule has 0 saturated heterocycles. The molecule has 0 fully saturated rings. The third-order valence-electron chi connectivity index (χ3n) is 3.29. The zero-order chi connectivity index (χ0) is 12.3. The summed E-state index contributed by atoms with van der Waals surface area (Å²) >= 11 is 6.25. The standard InChI is InChI=1S/C13H18ClNO2/c1-17-15-8-10-7-9-5-3-2-4-6-11(9)12(14)13(10)16/h7,15-16H,2-6,8H2,1H3. The summed E-state index contributed by atoms with van der Waals surface area (Å²) in [6.07, 6.45) is 5.61. The highest BCUT2D eigenvalue weighted by molar-refractivity contribution is 6.33. The average Bonchev–Trinajstić information content (AvgIpc) is 2.57. The van der Waals surface area contributed by atoms with Crippen molar-refractivity contribution in [2.75, 3.05) is 7.11 Å². The van der Waals surface area contributed by atoms with Gasteiger partial charge in [-0.05, 0) is 36.8 Å². The number of fused-ring (bicyclic) bond motifs is 1. The zero-order valence-electron chi connectivity index (χ0n) is 10.1. The lowest BCUT2D eigenvalue weighted by Gasteiger charge is -2.14. The lowest BCUT2D eigenvalue weighted by molar-refractivity contribution is 0.0861. The fourth-order valence-electron chi connectivity index (χ4n) is 2.36. The number of hydrogen-bond acceptors (Lipinski definition) is 3. The molecule has 17 heavy (non-hydrogen) atoms. The van der Waals surface area contributed by atoms with Crippen LogP contribution in [0.1, 0.15) is 36.0 Å². The van der Waals surface area contributed by atoms with Gasteiger partial charge in [-0.3, -0.25) is 0 Å². The zero-order valence-corrected chi connectivity index (χ0v) is 10.8. The van der Waals surface area contributed by atoms with Gasteiger partial charge in [-0.1, -0.05) is 24.1 Å². The van der Waals surface area contributed by atoms with Crippen molar-refractivity contribution in [1.29, 1.82) is 0 Å². The van der Waals surface area contributed by atoms with Gasteiger partial charge in [0.2, 0.25) is 0 Å². The molecule has 0 spiro atoms. The van der Waals surface area contributed by atoms with Gasteiger partial charge < -0.3 is 9.94 Å². The number of hydroxylamine groups is 1. The van der Waals surface area contributed by atoms with Crippen LogP contribution in [-0.2, 0) is 24.2 Å². The molecular formula is C13H18ClNO2. The highest BCUT2D eigenvalue weighted by Gasteiger charge is 2.17. The summed E-state index contributed by atoms with van der Waals surface area (Å²) in [6.45, 7) is 0.468. The third-order valence-corrected chi connectivity index (χ3v) is 3.70. The number of phenols is 1. The van der Waals surface area contributed by atoms with Crippen molar-refractivity contribution in [3.63, 3.8) is 0 Å². The van der Waals surface area contributed by atoms with Gasteiger partial charge in [-0.25, -0.2) is 0 Å². The summed E-state index contributed by atoms with van der Waals surface area (Å²) in [5.41, 5.74) is 5.94. The van der Waals surface area contributed by atoms with E-state index in [4.69, 9.17) is 16.4 Å². The van der Waals surface area contributed by atoms with Crippen molar-refractivity contribution in [3.8, 4) is 5.75 Å². The Hall–Kier alpha value is -0.770. The van der Waals surface area contributed by atoms with Crippen LogP contribution in [0.2, 0.25) is 5.02 Å². The van der Waals surface area contributed by atoms with Crippen molar-refractivity contribution >= 4 is 11.6 Å². The lowest BCUT2D eigenvalue weighted by Crippen LogP contribution is -2.11. The molecular weight excluding hydrogens is 238 g/mol. The smallest absolute Gasteiger partial charge is 0.139 e. The second-order valence-corrected chi connectivity index (χ2v) is 4.80. The maximum atomic E-state index is 10.0. The van der Waals surface area contributed by atoms with E-state index in [-0.39, 0.29) is 5.75 Å². The third kappa shape index (κ3) is 2.73. The molecule has 94 valence electrons. The molecule has 0 bridgehead atoms. The summed E-state index contributed by atoms with van der Waals surface area (Å²) in [5, 5.41) is 10.6. The van der Waals surface area contributed by atoms with Crippen molar-refractivity contribution < 1.29 is 9.94 Å². The minimum absolute atomic E-state index is 0.192. The van der Waals surface area contributed by atoms with Gasteiger partial charge in [-0.2, -0.15) is 5.48 Å². The molecule has 0 radical (unpaired) electrons. The molecule has 0 aromatic heterocycles. The summed E-state index contributed by atoms with van der Waals surface area (Å²) in [7, 11) is 1.56. The van der Waals surface area contributed by atoms with Crippen LogP contribution in [0.3, 0.4) is 0 Å². The summed E-state index contributed by atoms with van der Waals surface area (Å²) < 4.78 is 0. The Morgan fingerprint density at radius 1 is 1.35 bits per heavy atom. The predicted molar refractivity (Wildman–Crippen MR) is 68.2 cm³/mol. The number of hydrogen-bond donors (Lipinski definition) is 2. The molecule has 0 heterocycles. The normalized spacial score (nSPS) is 15.4. The SMILES string of the molecule is CONCc1cc2c(c(Cl)c1O)CCCCC2. The van der Waals surface area contributed by atoms with Crippen LogP contribution >= 0.6 is 11.6 Å². The van der Waals surface area contributed by atoms with Crippen LogP contribution < -0.4 is 5.48 Å². The van der Waals surface area contributed by atoms with Crippen molar-refractivity contribution in [3.05, 3.63) is 27.8 Å². The molecule has 1 aliphatic rings. The molecule has 0 aliphatic heterocycles. The average molecular weight is 256 g/mol. The minimum atomic E-state index is 0.192. The van der Waals surface area contributed by atoms with Crippen molar-refractivity contribution in [2.24, 2.45) is 0 Å². The molecule has 2 rings (SSSR count). The first-order valence-corrected chi connectivity index (χ1v) is 6.39. The molecule has 0 amide bonds. The van der Waals surface area contributed by atoms with E-state index in [1.165, 1.54) is 18.4 Å². The van der Waals surface area contributed by atoms with Crippen LogP contribution in [0.4, 0.5) is 0 Å². The fourth-order valence-corrected chi connectivity index (χ4v) is 2.70. The number of phenolic OH excluding ortho intramolecular Hbond substituents is 1. The molecule has 0 atom stereocenters. The van der Waals surface area contributed by atoms with E-state index in [0.717, 1.165) is 30.4 Å². The largest absolute Gasteiger partial charge is 0.506 e. The number of aromatic hydroxyl groups is 1. The topological polar surface area (TPSA) is 41.5 Å². The van der Waals surface area contributed by atoms with E-state index >= 15 is 0 Å². The molecule has 1 aromatic rings. The number of benzene rings is 1. The second-order valence-electron chi connectivity index (χ2n) is 4.42. The van der Waals surface area contributed by atoms with Crippen molar-refractivity contribution in [1.82, 2.24) is 5.48 Å². The Labute approximate surface area is 107 Å². The van der Waals surface area contributed by atoms with Gasteiger partial charge in [0, 0.05) is 12.1 Å². The highest BCUT2D eigenvalue weighted by Crippen LogP contribution is 2.36. The Kier molecular flexibility index (Phi) is 4.26. The van der Waals surface area contributed by atoms with Gasteiger partial charge in [0.05, 0.1) is 12.1 Å². The minimum Gasteiger partial charge on any atom is -0.506 e. The van der Waals surface area contributed by atoms with Gasteiger partial charge in [0.1, 0.15) is 5.75 Å². The van der Waals surface area contributed by atoms with Gasteiger partial charge in [0.15, 0.2) is 0 Å². The van der Waals surface area contributed by atoms with Gasteiger partial charge >= 0.3 is 0 Å². The van der Waals surface area contributed by atoms with Gasteiger partial charge in [-0.15, -0.1) is 0 Å². The maximum absolute atomic E-state index is 10.0. The predicted octanol–water partition coefficient (Wildman–Crippen LogP) is 2.97. The Bertz CT molecular complexity index is 407. The number of nitrogens with one attached hydrogen (secondary N) is 1. The van der Waals surface area contributed by atoms with E-state index in [1.54, 1.807) is 7.11 Å². The molecule has 1 aliphatic carbocycles.